The van der Waals surface area contributed by atoms with Gasteiger partial charge in [-0.25, -0.2) is 0 Å². The number of fused-ring (bicyclic) bond motifs is 3. The molecule has 2 amide bonds. The number of benzene rings is 2. The van der Waals surface area contributed by atoms with Gasteiger partial charge in [0.2, 0.25) is 11.8 Å². The number of hydrogen-bond donors (Lipinski definition) is 4. The van der Waals surface area contributed by atoms with Crippen LogP contribution in [-0.2, 0) is 19.0 Å². The molecule has 48 heavy (non-hydrogen) atoms. The molecule has 0 unspecified atom stereocenters. The number of aromatic nitrogens is 1. The van der Waals surface area contributed by atoms with Gasteiger partial charge in [-0.3, -0.25) is 19.5 Å². The molecule has 0 radical (unpaired) electrons. The number of carbonyl (C=O) groups excluding carboxylic acids is 2. The molecule has 2 aromatic carbocycles. The van der Waals surface area contributed by atoms with Crippen LogP contribution in [0.5, 0.6) is 11.5 Å². The largest absolute Gasteiger partial charge is 0.504 e. The van der Waals surface area contributed by atoms with E-state index in [9.17, 15) is 29.8 Å². The van der Waals surface area contributed by atoms with Gasteiger partial charge in [0, 0.05) is 13.3 Å². The summed E-state index contributed by atoms with van der Waals surface area (Å²) in [5.41, 5.74) is 4.66. The number of nitrogens with zero attached hydrogens (tertiary/aromatic N) is 2. The molecule has 0 saturated carbocycles. The molecule has 4 atom stereocenters. The third-order valence-electron chi connectivity index (χ3n) is 9.33. The Morgan fingerprint density at radius 1 is 1.12 bits per heavy atom. The smallest absolute Gasteiger partial charge is 0.488 e. The average molecular weight is 764 g/mol. The first-order valence-electron chi connectivity index (χ1n) is 15.7. The number of pyridine rings is 1. The van der Waals surface area contributed by atoms with Crippen LogP contribution in [0.4, 0.5) is 5.69 Å². The predicted molar refractivity (Wildman–Crippen MR) is 189 cm³/mol. The molecule has 0 spiro atoms. The Hall–Kier alpha value is -3.53. The maximum atomic E-state index is 14.1. The zero-order chi connectivity index (χ0) is 34.1. The standard InChI is InChI=1S/C34H35B2IN2O9/c1-46-18-21-15-24-31(34(42)39(33(24)41)23-7-5-6-22(16-23)36(44)45)25-17-35(43)48-28(30(21)25)10-9-20(27-8-3-4-11-38-27)12-19-13-26(37)32(40)29(14-19)47-2/h3-8,11-14,16,24-25,28,31,40,43-45H,9-10,15,17-18H2,1-2H3/b20-12-/t24-,25+,28-,31-/m1/s1. The Bertz CT molecular complexity index is 1770. The molecule has 11 nitrogen and oxygen atoms in total. The second-order valence-corrected chi connectivity index (χ2v) is 13.4. The maximum Gasteiger partial charge on any atom is 0.488 e. The lowest BCUT2D eigenvalue weighted by Gasteiger charge is -2.43. The zero-order valence-electron chi connectivity index (χ0n) is 26.5. The monoisotopic (exact) mass is 764 g/mol. The van der Waals surface area contributed by atoms with E-state index in [4.69, 9.17) is 14.1 Å². The summed E-state index contributed by atoms with van der Waals surface area (Å²) in [5.74, 6) is -2.15. The summed E-state index contributed by atoms with van der Waals surface area (Å²) in [5, 5.41) is 40.8. The van der Waals surface area contributed by atoms with Crippen molar-refractivity contribution in [1.82, 2.24) is 4.98 Å². The molecule has 0 bridgehead atoms. The normalized spacial score (nSPS) is 22.6. The second-order valence-electron chi connectivity index (χ2n) is 12.2. The molecule has 248 valence electrons. The highest BCUT2D eigenvalue weighted by Gasteiger charge is 2.57. The fourth-order valence-corrected chi connectivity index (χ4v) is 7.92. The number of ether oxygens (including phenoxy) is 2. The molecule has 1 aliphatic carbocycles. The Balaban J connectivity index is 1.33. The minimum Gasteiger partial charge on any atom is -0.504 e. The van der Waals surface area contributed by atoms with Crippen LogP contribution in [0.15, 0.2) is 71.9 Å². The van der Waals surface area contributed by atoms with Gasteiger partial charge >= 0.3 is 14.2 Å². The number of halogens is 1. The highest BCUT2D eigenvalue weighted by molar-refractivity contribution is 14.1. The molecule has 3 aromatic rings. The number of hydrogen-bond acceptors (Lipinski definition) is 10. The van der Waals surface area contributed by atoms with Crippen LogP contribution in [0.3, 0.4) is 0 Å². The zero-order valence-corrected chi connectivity index (χ0v) is 28.6. The van der Waals surface area contributed by atoms with E-state index in [1.165, 1.54) is 19.2 Å². The number of rotatable bonds is 10. The SMILES string of the molecule is COCC1=C2[C@@H](CC/C(=C/c3cc(I)c(O)c(OC)c3)c3ccccn3)OB(O)C[C@@H]2[C@@H]2C(=O)N(c3cccc(B(O)O)c3)C(=O)[C@@H]2C1. The Labute approximate surface area is 292 Å². The summed E-state index contributed by atoms with van der Waals surface area (Å²) in [4.78, 5) is 33.6. The highest BCUT2D eigenvalue weighted by Crippen LogP contribution is 2.51. The minimum atomic E-state index is -1.75. The summed E-state index contributed by atoms with van der Waals surface area (Å²) in [7, 11) is 0.176. The van der Waals surface area contributed by atoms with E-state index in [2.05, 4.69) is 27.6 Å². The molecule has 4 N–H and O–H groups in total. The first-order chi connectivity index (χ1) is 23.1. The number of imide groups is 1. The van der Waals surface area contributed by atoms with E-state index >= 15 is 0 Å². The number of allylic oxidation sites excluding steroid dienone is 1. The van der Waals surface area contributed by atoms with Crippen molar-refractivity contribution in [3.63, 3.8) is 0 Å². The second kappa shape index (κ2) is 14.5. The first-order valence-corrected chi connectivity index (χ1v) is 16.8. The van der Waals surface area contributed by atoms with Crippen LogP contribution in [0.1, 0.15) is 30.5 Å². The molecule has 2 fully saturated rings. The van der Waals surface area contributed by atoms with Crippen LogP contribution in [0.25, 0.3) is 11.6 Å². The molecule has 2 saturated heterocycles. The lowest BCUT2D eigenvalue weighted by atomic mass is 9.58. The topological polar surface area (TPSA) is 159 Å². The molecule has 2 aliphatic heterocycles. The fourth-order valence-electron chi connectivity index (χ4n) is 7.30. The average Bonchev–Trinajstić information content (AvgIpc) is 3.33. The summed E-state index contributed by atoms with van der Waals surface area (Å²) in [6.07, 6.45) is 4.54. The molecule has 3 heterocycles. The van der Waals surface area contributed by atoms with Crippen LogP contribution in [-0.4, -0.2) is 78.1 Å². The number of methoxy groups -OCH3 is 2. The van der Waals surface area contributed by atoms with E-state index in [0.717, 1.165) is 32.9 Å². The van der Waals surface area contributed by atoms with Crippen LogP contribution >= 0.6 is 22.6 Å². The summed E-state index contributed by atoms with van der Waals surface area (Å²) < 4.78 is 17.8. The highest BCUT2D eigenvalue weighted by atomic mass is 127. The summed E-state index contributed by atoms with van der Waals surface area (Å²) >= 11 is 2.06. The van der Waals surface area contributed by atoms with Crippen molar-refractivity contribution < 1.29 is 43.9 Å². The number of phenolic OH excluding ortho intramolecular Hbond substituents is 1. The van der Waals surface area contributed by atoms with Crippen LogP contribution < -0.4 is 15.1 Å². The maximum absolute atomic E-state index is 14.1. The molecular formula is C34H35B2IN2O9. The van der Waals surface area contributed by atoms with Crippen LogP contribution in [0.2, 0.25) is 6.32 Å². The molecule has 6 rings (SSSR count). The van der Waals surface area contributed by atoms with Crippen molar-refractivity contribution >= 4 is 71.4 Å². The van der Waals surface area contributed by atoms with Crippen LogP contribution in [0, 0.1) is 21.3 Å². The number of amides is 2. The molecule has 3 aliphatic rings. The Morgan fingerprint density at radius 3 is 2.65 bits per heavy atom. The molecule has 14 heteroatoms. The van der Waals surface area contributed by atoms with Crippen molar-refractivity contribution in [1.29, 1.82) is 0 Å². The van der Waals surface area contributed by atoms with E-state index in [0.29, 0.717) is 28.6 Å². The van der Waals surface area contributed by atoms with E-state index < -0.39 is 38.1 Å². The third-order valence-corrected chi connectivity index (χ3v) is 10.2. The first kappa shape index (κ1) is 34.3. The third kappa shape index (κ3) is 6.69. The van der Waals surface area contributed by atoms with Gasteiger partial charge in [-0.2, -0.15) is 0 Å². The van der Waals surface area contributed by atoms with Gasteiger partial charge < -0.3 is 34.3 Å². The van der Waals surface area contributed by atoms with Gasteiger partial charge in [-0.15, -0.1) is 0 Å². The summed E-state index contributed by atoms with van der Waals surface area (Å²) in [6, 6.07) is 15.4. The number of phenols is 1. The van der Waals surface area contributed by atoms with Crippen molar-refractivity contribution in [3.8, 4) is 11.5 Å². The lowest BCUT2D eigenvalue weighted by molar-refractivity contribution is -0.122. The number of aromatic hydroxyl groups is 1. The lowest BCUT2D eigenvalue weighted by Crippen LogP contribution is -2.46. The Morgan fingerprint density at radius 2 is 1.94 bits per heavy atom. The fraction of sp³-hybridized carbons (Fsp3) is 0.324. The quantitative estimate of drug-likeness (QED) is 0.105. The summed E-state index contributed by atoms with van der Waals surface area (Å²) in [6.45, 7) is 0.243. The molecular weight excluding hydrogens is 729 g/mol. The van der Waals surface area contributed by atoms with Gasteiger partial charge in [0.05, 0.1) is 46.6 Å². The minimum absolute atomic E-state index is 0.0654. The number of anilines is 1. The predicted octanol–water partition coefficient (Wildman–Crippen LogP) is 3.05. The van der Waals surface area contributed by atoms with Crippen molar-refractivity contribution in [2.75, 3.05) is 25.7 Å². The van der Waals surface area contributed by atoms with Gasteiger partial charge in [0.25, 0.3) is 0 Å². The molecule has 1 aromatic heterocycles. The number of carbonyl (C=O) groups is 2. The van der Waals surface area contributed by atoms with Crippen molar-refractivity contribution in [2.24, 2.45) is 17.8 Å². The van der Waals surface area contributed by atoms with E-state index in [-0.39, 0.29) is 41.6 Å². The van der Waals surface area contributed by atoms with Gasteiger partial charge in [0.15, 0.2) is 11.5 Å². The van der Waals surface area contributed by atoms with Crippen molar-refractivity contribution in [3.05, 3.63) is 86.8 Å². The van der Waals surface area contributed by atoms with E-state index in [1.807, 2.05) is 30.3 Å². The Kier molecular flexibility index (Phi) is 10.4. The van der Waals surface area contributed by atoms with E-state index in [1.54, 1.807) is 31.5 Å². The van der Waals surface area contributed by atoms with Crippen molar-refractivity contribution in [2.45, 2.75) is 31.7 Å². The van der Waals surface area contributed by atoms with Gasteiger partial charge in [-0.05, 0) is 124 Å². The van der Waals surface area contributed by atoms with Gasteiger partial charge in [-0.1, -0.05) is 18.2 Å². The van der Waals surface area contributed by atoms with Gasteiger partial charge in [0.1, 0.15) is 0 Å².